The van der Waals surface area contributed by atoms with E-state index in [-0.39, 0.29) is 12.7 Å². The molecular formula is C21H28O3. The third kappa shape index (κ3) is 6.34. The maximum Gasteiger partial charge on any atom is 0.118 e. The van der Waals surface area contributed by atoms with E-state index >= 15 is 0 Å². The molecule has 0 aliphatic carbocycles. The average Bonchev–Trinajstić information content (AvgIpc) is 2.62. The summed E-state index contributed by atoms with van der Waals surface area (Å²) in [6, 6.07) is 18.4. The highest BCUT2D eigenvalue weighted by molar-refractivity contribution is 5.27. The second kappa shape index (κ2) is 10.1. The van der Waals surface area contributed by atoms with Gasteiger partial charge in [-0.1, -0.05) is 42.5 Å². The fraction of sp³-hybridized carbons (Fsp3) is 0.429. The summed E-state index contributed by atoms with van der Waals surface area (Å²) < 4.78 is 11.2. The molecule has 24 heavy (non-hydrogen) atoms. The second-order valence-electron chi connectivity index (χ2n) is 6.27. The van der Waals surface area contributed by atoms with Gasteiger partial charge in [0, 0.05) is 6.61 Å². The number of benzene rings is 2. The van der Waals surface area contributed by atoms with Gasteiger partial charge in [0.05, 0.1) is 19.8 Å². The molecule has 0 saturated heterocycles. The molecule has 0 aliphatic rings. The first-order chi connectivity index (χ1) is 11.7. The van der Waals surface area contributed by atoms with Gasteiger partial charge in [-0.25, -0.2) is 0 Å². The van der Waals surface area contributed by atoms with Gasteiger partial charge in [-0.2, -0.15) is 0 Å². The Balaban J connectivity index is 1.84. The smallest absolute Gasteiger partial charge is 0.118 e. The molecule has 2 atom stereocenters. The van der Waals surface area contributed by atoms with Crippen LogP contribution in [0.5, 0.6) is 5.75 Å². The van der Waals surface area contributed by atoms with Crippen molar-refractivity contribution in [1.29, 1.82) is 0 Å². The van der Waals surface area contributed by atoms with Crippen molar-refractivity contribution in [2.75, 3.05) is 13.7 Å². The van der Waals surface area contributed by atoms with E-state index in [1.54, 1.807) is 7.11 Å². The van der Waals surface area contributed by atoms with Crippen molar-refractivity contribution in [3.8, 4) is 5.75 Å². The molecule has 2 aromatic rings. The summed E-state index contributed by atoms with van der Waals surface area (Å²) in [6.07, 6.45) is 2.86. The fourth-order valence-corrected chi connectivity index (χ4v) is 2.93. The van der Waals surface area contributed by atoms with Crippen LogP contribution in [0.15, 0.2) is 54.6 Å². The van der Waals surface area contributed by atoms with Gasteiger partial charge in [-0.3, -0.25) is 0 Å². The quantitative estimate of drug-likeness (QED) is 0.709. The summed E-state index contributed by atoms with van der Waals surface area (Å²) in [4.78, 5) is 0. The van der Waals surface area contributed by atoms with Crippen molar-refractivity contribution in [3.63, 3.8) is 0 Å². The molecule has 2 aromatic carbocycles. The zero-order chi connectivity index (χ0) is 17.2. The van der Waals surface area contributed by atoms with Crippen molar-refractivity contribution in [1.82, 2.24) is 0 Å². The van der Waals surface area contributed by atoms with Gasteiger partial charge < -0.3 is 14.6 Å². The largest absolute Gasteiger partial charge is 0.497 e. The van der Waals surface area contributed by atoms with E-state index in [0.29, 0.717) is 12.5 Å². The van der Waals surface area contributed by atoms with E-state index in [2.05, 4.69) is 31.2 Å². The van der Waals surface area contributed by atoms with Gasteiger partial charge in [0.25, 0.3) is 0 Å². The van der Waals surface area contributed by atoms with Crippen LogP contribution in [0.3, 0.4) is 0 Å². The zero-order valence-electron chi connectivity index (χ0n) is 14.7. The minimum Gasteiger partial charge on any atom is -0.497 e. The van der Waals surface area contributed by atoms with Crippen molar-refractivity contribution >= 4 is 0 Å². The van der Waals surface area contributed by atoms with E-state index in [4.69, 9.17) is 9.47 Å². The molecule has 0 heterocycles. The van der Waals surface area contributed by atoms with Crippen LogP contribution in [0.4, 0.5) is 0 Å². The van der Waals surface area contributed by atoms with Crippen molar-refractivity contribution in [3.05, 3.63) is 65.7 Å². The predicted octanol–water partition coefficient (Wildman–Crippen LogP) is 4.23. The molecule has 3 heteroatoms. The third-order valence-electron chi connectivity index (χ3n) is 4.26. The standard InChI is InChI=1S/C21H28O3/c1-17(24-16-19-6-4-3-5-7-19)14-20(12-13-22)15-18-8-10-21(23-2)11-9-18/h3-11,17,20,22H,12-16H2,1-2H3. The lowest BCUT2D eigenvalue weighted by molar-refractivity contribution is 0.0338. The summed E-state index contributed by atoms with van der Waals surface area (Å²) in [7, 11) is 1.68. The number of hydrogen-bond acceptors (Lipinski definition) is 3. The molecule has 0 amide bonds. The highest BCUT2D eigenvalue weighted by Crippen LogP contribution is 2.21. The van der Waals surface area contributed by atoms with Gasteiger partial charge in [0.2, 0.25) is 0 Å². The lowest BCUT2D eigenvalue weighted by atomic mass is 9.91. The Morgan fingerprint density at radius 1 is 0.958 bits per heavy atom. The second-order valence-corrected chi connectivity index (χ2v) is 6.27. The first kappa shape index (κ1) is 18.5. The zero-order valence-corrected chi connectivity index (χ0v) is 14.7. The van der Waals surface area contributed by atoms with E-state index < -0.39 is 0 Å². The molecule has 2 unspecified atom stereocenters. The molecule has 1 N–H and O–H groups in total. The fourth-order valence-electron chi connectivity index (χ4n) is 2.93. The Kier molecular flexibility index (Phi) is 7.80. The number of ether oxygens (including phenoxy) is 2. The Hall–Kier alpha value is -1.84. The van der Waals surface area contributed by atoms with E-state index in [1.807, 2.05) is 30.3 Å². The van der Waals surface area contributed by atoms with E-state index in [9.17, 15) is 5.11 Å². The van der Waals surface area contributed by atoms with Gasteiger partial charge in [-0.05, 0) is 55.4 Å². The van der Waals surface area contributed by atoms with E-state index in [1.165, 1.54) is 11.1 Å². The number of rotatable bonds is 10. The van der Waals surface area contributed by atoms with Crippen LogP contribution in [0.25, 0.3) is 0 Å². The van der Waals surface area contributed by atoms with Crippen LogP contribution in [0, 0.1) is 5.92 Å². The van der Waals surface area contributed by atoms with Gasteiger partial charge >= 0.3 is 0 Å². The molecule has 130 valence electrons. The van der Waals surface area contributed by atoms with Gasteiger partial charge in [-0.15, -0.1) is 0 Å². The minimum atomic E-state index is 0.167. The van der Waals surface area contributed by atoms with Crippen LogP contribution < -0.4 is 4.74 Å². The van der Waals surface area contributed by atoms with Crippen LogP contribution in [0.1, 0.15) is 30.9 Å². The number of aliphatic hydroxyl groups excluding tert-OH is 1. The minimum absolute atomic E-state index is 0.167. The normalized spacial score (nSPS) is 13.5. The number of aliphatic hydroxyl groups is 1. The molecule has 0 saturated carbocycles. The van der Waals surface area contributed by atoms with Crippen molar-refractivity contribution < 1.29 is 14.6 Å². The molecule has 0 aliphatic heterocycles. The number of hydrogen-bond donors (Lipinski definition) is 1. The lowest BCUT2D eigenvalue weighted by Gasteiger charge is -2.21. The van der Waals surface area contributed by atoms with E-state index in [0.717, 1.165) is 25.0 Å². The summed E-state index contributed by atoms with van der Waals surface area (Å²) in [5.74, 6) is 1.28. The first-order valence-corrected chi connectivity index (χ1v) is 8.60. The summed E-state index contributed by atoms with van der Waals surface area (Å²) in [5, 5.41) is 9.36. The Morgan fingerprint density at radius 3 is 2.29 bits per heavy atom. The van der Waals surface area contributed by atoms with Crippen LogP contribution in [0.2, 0.25) is 0 Å². The van der Waals surface area contributed by atoms with Gasteiger partial charge in [0.1, 0.15) is 5.75 Å². The first-order valence-electron chi connectivity index (χ1n) is 8.60. The molecular weight excluding hydrogens is 300 g/mol. The average molecular weight is 328 g/mol. The predicted molar refractivity (Wildman–Crippen MR) is 97.2 cm³/mol. The van der Waals surface area contributed by atoms with Gasteiger partial charge in [0.15, 0.2) is 0 Å². The topological polar surface area (TPSA) is 38.7 Å². The van der Waals surface area contributed by atoms with Crippen molar-refractivity contribution in [2.45, 2.75) is 38.9 Å². The summed E-state index contributed by atoms with van der Waals surface area (Å²) in [6.45, 7) is 2.96. The Morgan fingerprint density at radius 2 is 1.67 bits per heavy atom. The molecule has 0 bridgehead atoms. The summed E-state index contributed by atoms with van der Waals surface area (Å²) >= 11 is 0. The molecule has 2 rings (SSSR count). The van der Waals surface area contributed by atoms with Crippen molar-refractivity contribution in [2.24, 2.45) is 5.92 Å². The molecule has 3 nitrogen and oxygen atoms in total. The number of methoxy groups -OCH3 is 1. The maximum absolute atomic E-state index is 9.36. The monoisotopic (exact) mass is 328 g/mol. The third-order valence-corrected chi connectivity index (χ3v) is 4.26. The highest BCUT2D eigenvalue weighted by atomic mass is 16.5. The molecule has 0 aromatic heterocycles. The summed E-state index contributed by atoms with van der Waals surface area (Å²) in [5.41, 5.74) is 2.46. The SMILES string of the molecule is COc1ccc(CC(CCO)CC(C)OCc2ccccc2)cc1. The maximum atomic E-state index is 9.36. The van der Waals surface area contributed by atoms with Crippen LogP contribution in [-0.2, 0) is 17.8 Å². The van der Waals surface area contributed by atoms with Crippen LogP contribution in [-0.4, -0.2) is 24.9 Å². The van der Waals surface area contributed by atoms with Crippen LogP contribution >= 0.6 is 0 Å². The Labute approximate surface area is 145 Å². The Bertz CT molecular complexity index is 565. The lowest BCUT2D eigenvalue weighted by Crippen LogP contribution is -2.17. The highest BCUT2D eigenvalue weighted by Gasteiger charge is 2.14. The molecule has 0 radical (unpaired) electrons. The molecule has 0 spiro atoms. The molecule has 0 fully saturated rings.